The van der Waals surface area contributed by atoms with E-state index in [1.165, 1.54) is 0 Å². The predicted molar refractivity (Wildman–Crippen MR) is 108 cm³/mol. The van der Waals surface area contributed by atoms with Crippen LogP contribution in [0, 0.1) is 21.7 Å². The van der Waals surface area contributed by atoms with Crippen LogP contribution in [0.5, 0.6) is 0 Å². The van der Waals surface area contributed by atoms with E-state index in [9.17, 15) is 14.7 Å². The van der Waals surface area contributed by atoms with Gasteiger partial charge in [0.05, 0.1) is 0 Å². The number of rotatable bonds is 7. The Balaban J connectivity index is 1.97. The van der Waals surface area contributed by atoms with Crippen LogP contribution in [-0.4, -0.2) is 34.5 Å². The summed E-state index contributed by atoms with van der Waals surface area (Å²) in [7, 11) is 0. The van der Waals surface area contributed by atoms with Crippen LogP contribution in [0.3, 0.4) is 0 Å². The molecule has 2 aliphatic carbocycles. The number of carboxylic acid groups (broad SMARTS) is 1. The van der Waals surface area contributed by atoms with E-state index in [-0.39, 0.29) is 27.6 Å². The van der Waals surface area contributed by atoms with Crippen molar-refractivity contribution in [3.63, 3.8) is 0 Å². The van der Waals surface area contributed by atoms with Crippen LogP contribution in [0.4, 0.5) is 0 Å². The summed E-state index contributed by atoms with van der Waals surface area (Å²) >= 11 is 1.61. The van der Waals surface area contributed by atoms with Gasteiger partial charge in [-0.1, -0.05) is 41.5 Å². The molecule has 5 heteroatoms. The molecular formula is C21H37NO3S. The highest BCUT2D eigenvalue weighted by Crippen LogP contribution is 2.64. The summed E-state index contributed by atoms with van der Waals surface area (Å²) in [4.78, 5) is 24.7. The first-order valence-corrected chi connectivity index (χ1v) is 11.0. The summed E-state index contributed by atoms with van der Waals surface area (Å²) in [5.41, 5.74) is 0.382. The molecule has 0 aromatic heterocycles. The van der Waals surface area contributed by atoms with Gasteiger partial charge in [0.25, 0.3) is 0 Å². The van der Waals surface area contributed by atoms with Crippen molar-refractivity contribution in [2.45, 2.75) is 86.1 Å². The van der Waals surface area contributed by atoms with E-state index in [1.54, 1.807) is 11.8 Å². The third-order valence-electron chi connectivity index (χ3n) is 5.79. The smallest absolute Gasteiger partial charge is 0.327 e. The Morgan fingerprint density at radius 3 is 2.08 bits per heavy atom. The minimum atomic E-state index is -0.923. The first kappa shape index (κ1) is 21.6. The fourth-order valence-corrected chi connectivity index (χ4v) is 6.16. The second-order valence-corrected chi connectivity index (χ2v) is 12.2. The molecule has 1 amide bonds. The van der Waals surface area contributed by atoms with Crippen molar-refractivity contribution >= 4 is 23.6 Å². The average Bonchev–Trinajstić information content (AvgIpc) is 2.99. The Labute approximate surface area is 163 Å². The molecule has 0 unspecified atom stereocenters. The van der Waals surface area contributed by atoms with Gasteiger partial charge in [0, 0.05) is 11.2 Å². The molecule has 0 saturated heterocycles. The highest BCUT2D eigenvalue weighted by molar-refractivity contribution is 7.99. The number of aliphatic carboxylic acids is 1. The molecule has 0 heterocycles. The van der Waals surface area contributed by atoms with Gasteiger partial charge in [-0.2, -0.15) is 11.8 Å². The number of amides is 1. The molecule has 0 aromatic rings. The maximum atomic E-state index is 13.0. The maximum absolute atomic E-state index is 13.0. The van der Waals surface area contributed by atoms with Crippen LogP contribution >= 0.6 is 11.8 Å². The molecule has 2 N–H and O–H groups in total. The SMILES string of the molecule is CC(C)(C)CSC[C@H](NC(=O)C12CCC(CC(C)(C)C)(CC1)C2)C(=O)O. The van der Waals surface area contributed by atoms with Crippen LogP contribution < -0.4 is 5.32 Å². The molecule has 0 aromatic carbocycles. The first-order valence-electron chi connectivity index (χ1n) is 9.88. The fraction of sp³-hybridized carbons (Fsp3) is 0.905. The minimum absolute atomic E-state index is 0.0189. The van der Waals surface area contributed by atoms with Gasteiger partial charge in [0.1, 0.15) is 6.04 Å². The molecule has 2 bridgehead atoms. The molecule has 4 nitrogen and oxygen atoms in total. The molecule has 1 atom stereocenters. The van der Waals surface area contributed by atoms with E-state index in [0.29, 0.717) is 5.75 Å². The number of hydrogen-bond donors (Lipinski definition) is 2. The number of fused-ring (bicyclic) bond motifs is 2. The van der Waals surface area contributed by atoms with E-state index in [0.717, 1.165) is 44.3 Å². The average molecular weight is 384 g/mol. The zero-order chi connectivity index (χ0) is 19.8. The van der Waals surface area contributed by atoms with Crippen LogP contribution in [0.2, 0.25) is 0 Å². The highest BCUT2D eigenvalue weighted by atomic mass is 32.2. The van der Waals surface area contributed by atoms with Crippen molar-refractivity contribution in [1.82, 2.24) is 5.32 Å². The summed E-state index contributed by atoms with van der Waals surface area (Å²) in [6.45, 7) is 13.2. The number of carboxylic acids is 1. The van der Waals surface area contributed by atoms with Gasteiger partial charge >= 0.3 is 5.97 Å². The van der Waals surface area contributed by atoms with Crippen molar-refractivity contribution in [1.29, 1.82) is 0 Å². The van der Waals surface area contributed by atoms with E-state index in [4.69, 9.17) is 0 Å². The molecule has 2 fully saturated rings. The Kier molecular flexibility index (Phi) is 6.12. The molecule has 0 radical (unpaired) electrons. The van der Waals surface area contributed by atoms with Gasteiger partial charge < -0.3 is 10.4 Å². The van der Waals surface area contributed by atoms with Gasteiger partial charge in [-0.3, -0.25) is 4.79 Å². The topological polar surface area (TPSA) is 66.4 Å². The lowest BCUT2D eigenvalue weighted by atomic mass is 9.72. The highest BCUT2D eigenvalue weighted by Gasteiger charge is 2.58. The largest absolute Gasteiger partial charge is 0.480 e. The molecular weight excluding hydrogens is 346 g/mol. The van der Waals surface area contributed by atoms with Gasteiger partial charge in [-0.25, -0.2) is 4.79 Å². The van der Waals surface area contributed by atoms with E-state index < -0.39 is 12.0 Å². The molecule has 0 aliphatic heterocycles. The van der Waals surface area contributed by atoms with Crippen LogP contribution in [0.25, 0.3) is 0 Å². The number of carbonyl (C=O) groups is 2. The number of hydrogen-bond acceptors (Lipinski definition) is 3. The fourth-order valence-electron chi connectivity index (χ4n) is 4.97. The Bertz CT molecular complexity index is 536. The molecule has 0 spiro atoms. The lowest BCUT2D eigenvalue weighted by Crippen LogP contribution is -2.48. The van der Waals surface area contributed by atoms with Crippen LogP contribution in [-0.2, 0) is 9.59 Å². The van der Waals surface area contributed by atoms with Crippen molar-refractivity contribution in [2.75, 3.05) is 11.5 Å². The minimum Gasteiger partial charge on any atom is -0.480 e. The van der Waals surface area contributed by atoms with Crippen LogP contribution in [0.1, 0.15) is 80.1 Å². The summed E-state index contributed by atoms with van der Waals surface area (Å²) in [5, 5.41) is 12.4. The summed E-state index contributed by atoms with van der Waals surface area (Å²) < 4.78 is 0. The van der Waals surface area contributed by atoms with Crippen molar-refractivity contribution < 1.29 is 14.7 Å². The van der Waals surface area contributed by atoms with Gasteiger partial charge in [0.15, 0.2) is 0 Å². The number of thioether (sulfide) groups is 1. The number of nitrogens with one attached hydrogen (secondary N) is 1. The van der Waals surface area contributed by atoms with Crippen molar-refractivity contribution in [3.05, 3.63) is 0 Å². The van der Waals surface area contributed by atoms with Crippen LogP contribution in [0.15, 0.2) is 0 Å². The lowest BCUT2D eigenvalue weighted by Gasteiger charge is -2.33. The van der Waals surface area contributed by atoms with E-state index in [1.807, 2.05) is 0 Å². The molecule has 2 rings (SSSR count). The Morgan fingerprint density at radius 1 is 1.04 bits per heavy atom. The van der Waals surface area contributed by atoms with E-state index in [2.05, 4.69) is 46.9 Å². The molecule has 26 heavy (non-hydrogen) atoms. The quantitative estimate of drug-likeness (QED) is 0.667. The standard InChI is InChI=1S/C21H37NO3S/c1-18(2,3)12-20-7-9-21(13-20,10-8-20)17(25)22-15(16(23)24)11-26-14-19(4,5)6/h15H,7-14H2,1-6H3,(H,22,25)(H,23,24)/t15-,20?,21?/m0/s1. The zero-order valence-electron chi connectivity index (χ0n) is 17.4. The third kappa shape index (κ3) is 5.40. The normalized spacial score (nSPS) is 29.6. The molecule has 2 aliphatic rings. The lowest BCUT2D eigenvalue weighted by molar-refractivity contribution is -0.143. The molecule has 2 saturated carbocycles. The second kappa shape index (κ2) is 7.37. The van der Waals surface area contributed by atoms with Crippen molar-refractivity contribution in [2.24, 2.45) is 21.7 Å². The third-order valence-corrected chi connectivity index (χ3v) is 7.43. The van der Waals surface area contributed by atoms with E-state index >= 15 is 0 Å². The maximum Gasteiger partial charge on any atom is 0.327 e. The molecule has 150 valence electrons. The van der Waals surface area contributed by atoms with Gasteiger partial charge in [-0.15, -0.1) is 0 Å². The summed E-state index contributed by atoms with van der Waals surface area (Å²) in [6, 6.07) is -0.789. The Hall–Kier alpha value is -0.710. The van der Waals surface area contributed by atoms with Gasteiger partial charge in [-0.05, 0) is 60.5 Å². The number of carbonyl (C=O) groups excluding carboxylic acids is 1. The van der Waals surface area contributed by atoms with Gasteiger partial charge in [0.2, 0.25) is 5.91 Å². The monoisotopic (exact) mass is 383 g/mol. The zero-order valence-corrected chi connectivity index (χ0v) is 18.2. The first-order chi connectivity index (χ1) is 11.8. The Morgan fingerprint density at radius 2 is 1.62 bits per heavy atom. The second-order valence-electron chi connectivity index (χ2n) is 11.1. The van der Waals surface area contributed by atoms with Crippen molar-refractivity contribution in [3.8, 4) is 0 Å². The summed E-state index contributed by atoms with van der Waals surface area (Å²) in [6.07, 6.45) is 6.12. The summed E-state index contributed by atoms with van der Waals surface area (Å²) in [5.74, 6) is 0.372. The predicted octanol–water partition coefficient (Wildman–Crippen LogP) is 4.72.